The first-order valence-corrected chi connectivity index (χ1v) is 10.6. The van der Waals surface area contributed by atoms with Crippen molar-refractivity contribution < 1.29 is 9.53 Å². The molecule has 132 valence electrons. The number of rotatable bonds is 3. The Morgan fingerprint density at radius 1 is 1.20 bits per heavy atom. The van der Waals surface area contributed by atoms with Crippen molar-refractivity contribution in [3.8, 4) is 0 Å². The zero-order valence-corrected chi connectivity index (χ0v) is 15.9. The molecule has 0 saturated carbocycles. The molecule has 5 rings (SSSR count). The lowest BCUT2D eigenvalue weighted by molar-refractivity contribution is 0.0597. The molecule has 0 N–H and O–H groups in total. The molecule has 0 aromatic heterocycles. The number of piperazine rings is 1. The largest absolute Gasteiger partial charge is 0.445 e. The van der Waals surface area contributed by atoms with Gasteiger partial charge in [-0.1, -0.05) is 42.5 Å². The van der Waals surface area contributed by atoms with Gasteiger partial charge in [0.2, 0.25) is 0 Å². The van der Waals surface area contributed by atoms with Crippen molar-refractivity contribution >= 4 is 29.6 Å². The summed E-state index contributed by atoms with van der Waals surface area (Å²) in [6.45, 7) is 6.13. The van der Waals surface area contributed by atoms with Gasteiger partial charge in [0.15, 0.2) is 0 Å². The van der Waals surface area contributed by atoms with Gasteiger partial charge < -0.3 is 9.64 Å². The van der Waals surface area contributed by atoms with Crippen molar-refractivity contribution in [2.45, 2.75) is 33.6 Å². The molecule has 4 atom stereocenters. The van der Waals surface area contributed by atoms with Crippen LogP contribution in [0.3, 0.4) is 0 Å². The van der Waals surface area contributed by atoms with Crippen LogP contribution in [0.5, 0.6) is 0 Å². The maximum atomic E-state index is 12.3. The molecule has 1 aliphatic carbocycles. The highest BCUT2D eigenvalue weighted by molar-refractivity contribution is 8.14. The van der Waals surface area contributed by atoms with Gasteiger partial charge >= 0.3 is 6.09 Å². The van der Waals surface area contributed by atoms with E-state index in [0.717, 1.165) is 37.0 Å². The lowest BCUT2D eigenvalue weighted by atomic mass is 9.92. The van der Waals surface area contributed by atoms with Crippen LogP contribution in [0.2, 0.25) is 0 Å². The maximum absolute atomic E-state index is 12.3. The van der Waals surface area contributed by atoms with Gasteiger partial charge in [0.1, 0.15) is 6.61 Å². The number of thioether (sulfide) groups is 2. The molecule has 6 heteroatoms. The molecule has 3 aliphatic heterocycles. The number of hydrogen-bond donors (Lipinski definition) is 0. The van der Waals surface area contributed by atoms with Gasteiger partial charge in [-0.2, -0.15) is 0 Å². The van der Waals surface area contributed by atoms with Crippen molar-refractivity contribution in [2.75, 3.05) is 26.2 Å². The molecule has 3 heterocycles. The Morgan fingerprint density at radius 2 is 1.96 bits per heavy atom. The summed E-state index contributed by atoms with van der Waals surface area (Å²) < 4.78 is 5.83. The number of hydrogen-bond acceptors (Lipinski definition) is 5. The van der Waals surface area contributed by atoms with E-state index < -0.39 is 0 Å². The number of ether oxygens (including phenoxy) is 1. The van der Waals surface area contributed by atoms with E-state index in [0.29, 0.717) is 21.5 Å². The van der Waals surface area contributed by atoms with Crippen LogP contribution in [0.4, 0.5) is 4.79 Å². The summed E-state index contributed by atoms with van der Waals surface area (Å²) in [6, 6.07) is 9.86. The number of amides is 1. The van der Waals surface area contributed by atoms with Gasteiger partial charge in [-0.15, -0.1) is 23.5 Å². The predicted molar refractivity (Wildman–Crippen MR) is 103 cm³/mol. The second kappa shape index (κ2) is 5.69. The molecular formula is C19H22N2O2S2. The lowest BCUT2D eigenvalue weighted by Gasteiger charge is -2.39. The number of carbonyl (C=O) groups is 1. The third-order valence-electron chi connectivity index (χ3n) is 5.72. The molecule has 3 fully saturated rings. The van der Waals surface area contributed by atoms with E-state index in [9.17, 15) is 4.79 Å². The summed E-state index contributed by atoms with van der Waals surface area (Å²) in [4.78, 5) is 17.1. The fraction of sp³-hybridized carbons (Fsp3) is 0.526. The van der Waals surface area contributed by atoms with Crippen LogP contribution in [0.1, 0.15) is 12.5 Å². The predicted octanol–water partition coefficient (Wildman–Crippen LogP) is 3.20. The van der Waals surface area contributed by atoms with E-state index in [4.69, 9.17) is 4.74 Å². The Hall–Kier alpha value is -1.11. The molecule has 4 unspecified atom stereocenters. The van der Waals surface area contributed by atoms with Crippen molar-refractivity contribution in [3.63, 3.8) is 0 Å². The van der Waals surface area contributed by atoms with Crippen LogP contribution < -0.4 is 0 Å². The van der Waals surface area contributed by atoms with E-state index in [2.05, 4.69) is 47.5 Å². The highest BCUT2D eigenvalue weighted by Crippen LogP contribution is 2.76. The van der Waals surface area contributed by atoms with Gasteiger partial charge in [0.05, 0.1) is 15.4 Å². The summed E-state index contributed by atoms with van der Waals surface area (Å²) in [5.41, 5.74) is 1.03. The SMILES string of the molecule is CC12C=CC3SC3(N3CCN(C(=O)OCc4ccccc4)CC3)C1S2. The molecule has 1 amide bonds. The summed E-state index contributed by atoms with van der Waals surface area (Å²) >= 11 is 4.20. The minimum absolute atomic E-state index is 0.185. The van der Waals surface area contributed by atoms with Crippen molar-refractivity contribution in [2.24, 2.45) is 0 Å². The number of benzene rings is 1. The Labute approximate surface area is 157 Å². The highest BCUT2D eigenvalue weighted by atomic mass is 32.2. The average molecular weight is 375 g/mol. The number of carbonyl (C=O) groups excluding carboxylic acids is 1. The molecule has 3 saturated heterocycles. The van der Waals surface area contributed by atoms with Crippen molar-refractivity contribution in [1.82, 2.24) is 9.80 Å². The van der Waals surface area contributed by atoms with Gasteiger partial charge in [-0.25, -0.2) is 4.79 Å². The van der Waals surface area contributed by atoms with E-state index in [1.807, 2.05) is 35.2 Å². The summed E-state index contributed by atoms with van der Waals surface area (Å²) in [7, 11) is 0. The van der Waals surface area contributed by atoms with Crippen LogP contribution in [0, 0.1) is 0 Å². The van der Waals surface area contributed by atoms with Crippen LogP contribution in [-0.4, -0.2) is 62.2 Å². The van der Waals surface area contributed by atoms with Crippen LogP contribution in [0.25, 0.3) is 0 Å². The molecule has 0 radical (unpaired) electrons. The Balaban J connectivity index is 1.16. The van der Waals surface area contributed by atoms with E-state index in [1.165, 1.54) is 0 Å². The second-order valence-corrected chi connectivity index (χ2v) is 10.3. The van der Waals surface area contributed by atoms with Gasteiger partial charge in [-0.05, 0) is 12.5 Å². The van der Waals surface area contributed by atoms with E-state index in [-0.39, 0.29) is 6.09 Å². The summed E-state index contributed by atoms with van der Waals surface area (Å²) in [6.07, 6.45) is 4.62. The quantitative estimate of drug-likeness (QED) is 0.599. The molecule has 1 aromatic rings. The number of fused-ring (bicyclic) bond motifs is 3. The Morgan fingerprint density at radius 3 is 2.72 bits per heavy atom. The Bertz CT molecular complexity index is 719. The zero-order chi connectivity index (χ0) is 17.1. The maximum Gasteiger partial charge on any atom is 0.410 e. The average Bonchev–Trinajstić information content (AvgIpc) is 3.54. The van der Waals surface area contributed by atoms with Crippen LogP contribution in [0.15, 0.2) is 42.5 Å². The fourth-order valence-corrected chi connectivity index (χ4v) is 7.50. The summed E-state index contributed by atoms with van der Waals surface area (Å²) in [5, 5.41) is 1.37. The topological polar surface area (TPSA) is 32.8 Å². The third-order valence-corrected chi connectivity index (χ3v) is 9.22. The minimum Gasteiger partial charge on any atom is -0.445 e. The Kier molecular flexibility index (Phi) is 3.67. The third kappa shape index (κ3) is 2.61. The van der Waals surface area contributed by atoms with Gasteiger partial charge in [-0.3, -0.25) is 4.90 Å². The number of nitrogens with zero attached hydrogens (tertiary/aromatic N) is 2. The minimum atomic E-state index is -0.185. The first-order chi connectivity index (χ1) is 12.1. The molecule has 4 aliphatic rings. The van der Waals surface area contributed by atoms with E-state index >= 15 is 0 Å². The van der Waals surface area contributed by atoms with Crippen molar-refractivity contribution in [1.29, 1.82) is 0 Å². The fourth-order valence-electron chi connectivity index (χ4n) is 4.15. The highest BCUT2D eigenvalue weighted by Gasteiger charge is 2.76. The molecule has 4 nitrogen and oxygen atoms in total. The standard InChI is InChI=1S/C19H22N2O2S2/c1-18-8-7-15-19(24-15,16(18)25-18)21-11-9-20(10-12-21)17(22)23-13-14-5-3-2-4-6-14/h2-8,15-16H,9-13H2,1H3. The first kappa shape index (κ1) is 16.1. The van der Waals surface area contributed by atoms with Crippen LogP contribution in [-0.2, 0) is 11.3 Å². The smallest absolute Gasteiger partial charge is 0.410 e. The molecule has 1 aromatic carbocycles. The summed E-state index contributed by atoms with van der Waals surface area (Å²) in [5.74, 6) is 0. The van der Waals surface area contributed by atoms with Crippen molar-refractivity contribution in [3.05, 3.63) is 48.0 Å². The second-order valence-electron chi connectivity index (χ2n) is 7.35. The van der Waals surface area contributed by atoms with Gasteiger partial charge in [0, 0.05) is 30.9 Å². The first-order valence-electron chi connectivity index (χ1n) is 8.87. The molecule has 0 spiro atoms. The molecular weight excluding hydrogens is 352 g/mol. The van der Waals surface area contributed by atoms with E-state index in [1.54, 1.807) is 0 Å². The monoisotopic (exact) mass is 374 g/mol. The lowest BCUT2D eigenvalue weighted by Crippen LogP contribution is -2.56. The van der Waals surface area contributed by atoms with Crippen LogP contribution >= 0.6 is 23.5 Å². The van der Waals surface area contributed by atoms with Gasteiger partial charge in [0.25, 0.3) is 0 Å². The normalized spacial score (nSPS) is 38.7. The zero-order valence-electron chi connectivity index (χ0n) is 14.3. The molecule has 0 bridgehead atoms. The molecule has 25 heavy (non-hydrogen) atoms.